The normalized spacial score (nSPS) is 24.9. The maximum atomic E-state index is 12.3. The van der Waals surface area contributed by atoms with Gasteiger partial charge >= 0.3 is 5.97 Å². The lowest BCUT2D eigenvalue weighted by Gasteiger charge is -2.18. The molecule has 0 heterocycles. The molecule has 0 aromatic heterocycles. The van der Waals surface area contributed by atoms with Crippen LogP contribution in [0.2, 0.25) is 5.02 Å². The molecular weight excluding hydrogens is 264 g/mol. The van der Waals surface area contributed by atoms with Crippen molar-refractivity contribution in [3.8, 4) is 0 Å². The molecule has 1 fully saturated rings. The van der Waals surface area contributed by atoms with E-state index in [4.69, 9.17) is 16.7 Å². The number of carboxylic acids is 1. The van der Waals surface area contributed by atoms with Gasteiger partial charge in [-0.1, -0.05) is 30.7 Å². The first-order valence-corrected chi connectivity index (χ1v) is 6.51. The third-order valence-corrected chi connectivity index (χ3v) is 3.79. The third kappa shape index (κ3) is 3.04. The molecule has 1 saturated carbocycles. The number of ketones is 1. The van der Waals surface area contributed by atoms with Gasteiger partial charge in [0.2, 0.25) is 0 Å². The highest BCUT2D eigenvalue weighted by Gasteiger charge is 2.42. The van der Waals surface area contributed by atoms with Gasteiger partial charge in [0.15, 0.2) is 5.78 Å². The molecule has 4 heteroatoms. The lowest BCUT2D eigenvalue weighted by Crippen LogP contribution is -2.25. The number of hydrogen-bond acceptors (Lipinski definition) is 2. The predicted octanol–water partition coefficient (Wildman–Crippen LogP) is 3.57. The van der Waals surface area contributed by atoms with Crippen LogP contribution in [0.25, 0.3) is 6.08 Å². The minimum absolute atomic E-state index is 0.0511. The Morgan fingerprint density at radius 2 is 2.05 bits per heavy atom. The molecule has 0 saturated heterocycles. The second-order valence-electron chi connectivity index (χ2n) is 5.18. The molecule has 1 N–H and O–H groups in total. The van der Waals surface area contributed by atoms with Crippen molar-refractivity contribution in [2.24, 2.45) is 5.41 Å². The maximum absolute atomic E-state index is 12.3. The van der Waals surface area contributed by atoms with Gasteiger partial charge in [-0.2, -0.15) is 0 Å². The van der Waals surface area contributed by atoms with E-state index in [0.29, 0.717) is 23.4 Å². The minimum atomic E-state index is -0.927. The summed E-state index contributed by atoms with van der Waals surface area (Å²) in [5.41, 5.74) is 0.850. The Kier molecular flexibility index (Phi) is 3.76. The zero-order valence-corrected chi connectivity index (χ0v) is 11.4. The van der Waals surface area contributed by atoms with Crippen LogP contribution < -0.4 is 0 Å². The molecule has 3 nitrogen and oxygen atoms in total. The molecule has 0 radical (unpaired) electrons. The zero-order chi connectivity index (χ0) is 14.0. The Hall–Kier alpha value is -1.61. The summed E-state index contributed by atoms with van der Waals surface area (Å²) >= 11 is 5.81. The van der Waals surface area contributed by atoms with Gasteiger partial charge in [0.25, 0.3) is 0 Å². The lowest BCUT2D eigenvalue weighted by molar-refractivity contribution is -0.142. The van der Waals surface area contributed by atoms with Crippen LogP contribution in [0.5, 0.6) is 0 Å². The number of carboxylic acid groups (broad SMARTS) is 1. The summed E-state index contributed by atoms with van der Waals surface area (Å²) in [6.07, 6.45) is 2.94. The molecule has 0 spiro atoms. The quantitative estimate of drug-likeness (QED) is 0.860. The lowest BCUT2D eigenvalue weighted by atomic mass is 9.84. The summed E-state index contributed by atoms with van der Waals surface area (Å²) in [6, 6.07) is 7.22. The van der Waals surface area contributed by atoms with Gasteiger partial charge in [-0.15, -0.1) is 0 Å². The third-order valence-electron chi connectivity index (χ3n) is 3.54. The van der Waals surface area contributed by atoms with Crippen molar-refractivity contribution in [3.63, 3.8) is 0 Å². The molecular formula is C15H15ClO3. The number of carbonyl (C=O) groups excluding carboxylic acids is 1. The highest BCUT2D eigenvalue weighted by Crippen LogP contribution is 2.41. The highest BCUT2D eigenvalue weighted by molar-refractivity contribution is 6.30. The van der Waals surface area contributed by atoms with E-state index in [1.807, 2.05) is 18.2 Å². The number of aliphatic carboxylic acids is 1. The Morgan fingerprint density at radius 1 is 1.42 bits per heavy atom. The van der Waals surface area contributed by atoms with Gasteiger partial charge in [-0.25, -0.2) is 0 Å². The molecule has 1 aliphatic rings. The number of benzene rings is 1. The first kappa shape index (κ1) is 13.8. The Labute approximate surface area is 116 Å². The molecule has 1 unspecified atom stereocenters. The van der Waals surface area contributed by atoms with Crippen LogP contribution in [0.1, 0.15) is 31.7 Å². The zero-order valence-electron chi connectivity index (χ0n) is 10.6. The average molecular weight is 279 g/mol. The number of Topliss-reactive ketones (excluding diaryl/α,β-unsaturated/α-hetero) is 1. The van der Waals surface area contributed by atoms with Crippen LogP contribution in [-0.2, 0) is 9.59 Å². The molecule has 19 heavy (non-hydrogen) atoms. The number of allylic oxidation sites excluding steroid dienone is 1. The van der Waals surface area contributed by atoms with E-state index >= 15 is 0 Å². The molecule has 0 aliphatic heterocycles. The van der Waals surface area contributed by atoms with E-state index in [1.165, 1.54) is 0 Å². The van der Waals surface area contributed by atoms with Gasteiger partial charge in [0.1, 0.15) is 0 Å². The second-order valence-corrected chi connectivity index (χ2v) is 5.62. The van der Waals surface area contributed by atoms with Crippen molar-refractivity contribution in [3.05, 3.63) is 40.4 Å². The van der Waals surface area contributed by atoms with Crippen LogP contribution >= 0.6 is 11.6 Å². The van der Waals surface area contributed by atoms with Crippen molar-refractivity contribution in [2.75, 3.05) is 0 Å². The largest absolute Gasteiger partial charge is 0.481 e. The van der Waals surface area contributed by atoms with Crippen molar-refractivity contribution in [1.29, 1.82) is 0 Å². The van der Waals surface area contributed by atoms with Crippen LogP contribution in [0.4, 0.5) is 0 Å². The molecule has 2 rings (SSSR count). The predicted molar refractivity (Wildman–Crippen MR) is 74.0 cm³/mol. The fraction of sp³-hybridized carbons (Fsp3) is 0.333. The summed E-state index contributed by atoms with van der Waals surface area (Å²) in [5, 5.41) is 9.53. The van der Waals surface area contributed by atoms with E-state index in [2.05, 4.69) is 0 Å². The summed E-state index contributed by atoms with van der Waals surface area (Å²) < 4.78 is 0. The SMILES string of the molecule is CC1(CC(=O)O)CCC(=Cc2ccc(Cl)cc2)C1=O. The maximum Gasteiger partial charge on any atom is 0.304 e. The average Bonchev–Trinajstić information content (AvgIpc) is 2.59. The van der Waals surface area contributed by atoms with Crippen LogP contribution in [0.15, 0.2) is 29.8 Å². The van der Waals surface area contributed by atoms with E-state index in [-0.39, 0.29) is 12.2 Å². The summed E-state index contributed by atoms with van der Waals surface area (Å²) in [7, 11) is 0. The van der Waals surface area contributed by atoms with Gasteiger partial charge in [-0.3, -0.25) is 9.59 Å². The topological polar surface area (TPSA) is 54.4 Å². The monoisotopic (exact) mass is 278 g/mol. The van der Waals surface area contributed by atoms with Gasteiger partial charge in [0.05, 0.1) is 6.42 Å². The first-order chi connectivity index (χ1) is 8.90. The standard InChI is InChI=1S/C15H15ClO3/c1-15(9-13(17)18)7-6-11(14(15)19)8-10-2-4-12(16)5-3-10/h2-5,8H,6-7,9H2,1H3,(H,17,18). The molecule has 0 amide bonds. The smallest absolute Gasteiger partial charge is 0.304 e. The van der Waals surface area contributed by atoms with Gasteiger partial charge in [0, 0.05) is 10.4 Å². The second kappa shape index (κ2) is 5.17. The number of hydrogen-bond donors (Lipinski definition) is 1. The number of carbonyl (C=O) groups is 2. The number of rotatable bonds is 3. The minimum Gasteiger partial charge on any atom is -0.481 e. The Bertz CT molecular complexity index is 545. The molecule has 0 bridgehead atoms. The number of halogens is 1. The van der Waals surface area contributed by atoms with Crippen LogP contribution in [0.3, 0.4) is 0 Å². The summed E-state index contributed by atoms with van der Waals surface area (Å²) in [6.45, 7) is 1.73. The molecule has 1 atom stereocenters. The fourth-order valence-electron chi connectivity index (χ4n) is 2.43. The van der Waals surface area contributed by atoms with Crippen molar-refractivity contribution in [1.82, 2.24) is 0 Å². The van der Waals surface area contributed by atoms with Gasteiger partial charge in [-0.05, 0) is 42.2 Å². The van der Waals surface area contributed by atoms with E-state index < -0.39 is 11.4 Å². The van der Waals surface area contributed by atoms with Crippen molar-refractivity contribution >= 4 is 29.4 Å². The molecule has 100 valence electrons. The molecule has 1 aromatic carbocycles. The summed E-state index contributed by atoms with van der Waals surface area (Å²) in [5.74, 6) is -0.978. The summed E-state index contributed by atoms with van der Waals surface area (Å²) in [4.78, 5) is 23.1. The molecule has 1 aromatic rings. The first-order valence-electron chi connectivity index (χ1n) is 6.13. The van der Waals surface area contributed by atoms with E-state index in [0.717, 1.165) is 5.56 Å². The van der Waals surface area contributed by atoms with Gasteiger partial charge < -0.3 is 5.11 Å². The highest BCUT2D eigenvalue weighted by atomic mass is 35.5. The van der Waals surface area contributed by atoms with E-state index in [9.17, 15) is 9.59 Å². The Balaban J connectivity index is 2.22. The Morgan fingerprint density at radius 3 is 2.63 bits per heavy atom. The molecule has 1 aliphatic carbocycles. The van der Waals surface area contributed by atoms with Crippen molar-refractivity contribution < 1.29 is 14.7 Å². The van der Waals surface area contributed by atoms with E-state index in [1.54, 1.807) is 19.1 Å². The fourth-order valence-corrected chi connectivity index (χ4v) is 2.55. The van der Waals surface area contributed by atoms with Crippen LogP contribution in [-0.4, -0.2) is 16.9 Å². The van der Waals surface area contributed by atoms with Crippen LogP contribution in [0, 0.1) is 5.41 Å². The van der Waals surface area contributed by atoms with Crippen molar-refractivity contribution in [2.45, 2.75) is 26.2 Å².